The lowest BCUT2D eigenvalue weighted by Gasteiger charge is -2.23. The molecule has 4 nitrogen and oxygen atoms in total. The van der Waals surface area contributed by atoms with Gasteiger partial charge in [-0.25, -0.2) is 0 Å². The van der Waals surface area contributed by atoms with Crippen LogP contribution in [0.1, 0.15) is 50.3 Å². The van der Waals surface area contributed by atoms with E-state index in [1.165, 1.54) is 25.7 Å². The van der Waals surface area contributed by atoms with Gasteiger partial charge in [0.05, 0.1) is 6.54 Å². The molecular formula is C11H19N3O. The van der Waals surface area contributed by atoms with Gasteiger partial charge in [0.25, 0.3) is 0 Å². The van der Waals surface area contributed by atoms with Crippen molar-refractivity contribution in [3.8, 4) is 0 Å². The summed E-state index contributed by atoms with van der Waals surface area (Å²) >= 11 is 0. The molecule has 0 saturated heterocycles. The van der Waals surface area contributed by atoms with Crippen molar-refractivity contribution in [3.63, 3.8) is 0 Å². The Morgan fingerprint density at radius 3 is 2.67 bits per heavy atom. The van der Waals surface area contributed by atoms with Crippen molar-refractivity contribution in [2.45, 2.75) is 45.1 Å². The third-order valence-corrected chi connectivity index (χ3v) is 3.18. The number of hydrogen-bond donors (Lipinski definition) is 1. The molecule has 0 bridgehead atoms. The van der Waals surface area contributed by atoms with Crippen molar-refractivity contribution < 1.29 is 4.42 Å². The second kappa shape index (κ2) is 4.75. The first-order valence-electron chi connectivity index (χ1n) is 5.76. The molecule has 0 aliphatic heterocycles. The molecular weight excluding hydrogens is 190 g/mol. The molecule has 84 valence electrons. The average Bonchev–Trinajstić information content (AvgIpc) is 2.68. The molecule has 1 aromatic rings. The molecule has 0 amide bonds. The van der Waals surface area contributed by atoms with E-state index in [2.05, 4.69) is 22.4 Å². The molecule has 0 spiro atoms. The first-order valence-corrected chi connectivity index (χ1v) is 5.76. The summed E-state index contributed by atoms with van der Waals surface area (Å²) in [7, 11) is 1.88. The van der Waals surface area contributed by atoms with Gasteiger partial charge < -0.3 is 9.73 Å². The van der Waals surface area contributed by atoms with Gasteiger partial charge in [0.2, 0.25) is 11.8 Å². The molecule has 0 radical (unpaired) electrons. The lowest BCUT2D eigenvalue weighted by Crippen LogP contribution is -2.11. The number of nitrogens with one attached hydrogen (secondary N) is 1. The van der Waals surface area contributed by atoms with Gasteiger partial charge in [0.1, 0.15) is 0 Å². The van der Waals surface area contributed by atoms with Crippen molar-refractivity contribution >= 4 is 0 Å². The summed E-state index contributed by atoms with van der Waals surface area (Å²) < 4.78 is 5.61. The molecule has 0 atom stereocenters. The van der Waals surface area contributed by atoms with Gasteiger partial charge in [-0.05, 0) is 38.6 Å². The van der Waals surface area contributed by atoms with Crippen LogP contribution in [0.5, 0.6) is 0 Å². The molecule has 1 aliphatic carbocycles. The highest BCUT2D eigenvalue weighted by Gasteiger charge is 2.24. The first kappa shape index (κ1) is 10.6. The van der Waals surface area contributed by atoms with Crippen LogP contribution >= 0.6 is 0 Å². The van der Waals surface area contributed by atoms with E-state index in [0.29, 0.717) is 18.4 Å². The average molecular weight is 209 g/mol. The van der Waals surface area contributed by atoms with Crippen LogP contribution < -0.4 is 5.32 Å². The van der Waals surface area contributed by atoms with Crippen molar-refractivity contribution in [1.82, 2.24) is 15.5 Å². The maximum atomic E-state index is 5.61. The Kier molecular flexibility index (Phi) is 3.36. The monoisotopic (exact) mass is 209 g/mol. The fourth-order valence-electron chi connectivity index (χ4n) is 2.16. The Hall–Kier alpha value is -0.900. The molecule has 1 heterocycles. The largest absolute Gasteiger partial charge is 0.424 e. The van der Waals surface area contributed by atoms with Crippen LogP contribution in [0.4, 0.5) is 0 Å². The number of aromatic nitrogens is 2. The van der Waals surface area contributed by atoms with Crippen molar-refractivity contribution in [2.75, 3.05) is 7.05 Å². The van der Waals surface area contributed by atoms with Crippen LogP contribution in [0.15, 0.2) is 4.42 Å². The van der Waals surface area contributed by atoms with Gasteiger partial charge in [0.15, 0.2) is 0 Å². The van der Waals surface area contributed by atoms with Crippen LogP contribution in [0.25, 0.3) is 0 Å². The van der Waals surface area contributed by atoms with Crippen LogP contribution in [0, 0.1) is 5.92 Å². The van der Waals surface area contributed by atoms with Crippen LogP contribution in [-0.2, 0) is 6.54 Å². The quantitative estimate of drug-likeness (QED) is 0.828. The summed E-state index contributed by atoms with van der Waals surface area (Å²) in [5.74, 6) is 2.90. The lowest BCUT2D eigenvalue weighted by atomic mass is 9.83. The van der Waals surface area contributed by atoms with E-state index in [1.54, 1.807) is 0 Å². The maximum absolute atomic E-state index is 5.61. The molecule has 2 rings (SSSR count). The Morgan fingerprint density at radius 1 is 1.27 bits per heavy atom. The van der Waals surface area contributed by atoms with Crippen LogP contribution in [-0.4, -0.2) is 17.2 Å². The highest BCUT2D eigenvalue weighted by molar-refractivity contribution is 4.93. The zero-order valence-corrected chi connectivity index (χ0v) is 9.49. The van der Waals surface area contributed by atoms with Gasteiger partial charge in [0, 0.05) is 5.92 Å². The van der Waals surface area contributed by atoms with Crippen molar-refractivity contribution in [3.05, 3.63) is 11.8 Å². The minimum Gasteiger partial charge on any atom is -0.424 e. The van der Waals surface area contributed by atoms with E-state index < -0.39 is 0 Å². The number of nitrogens with zero attached hydrogens (tertiary/aromatic N) is 2. The second-order valence-corrected chi connectivity index (χ2v) is 4.52. The van der Waals surface area contributed by atoms with Crippen LogP contribution in [0.2, 0.25) is 0 Å². The molecule has 1 aliphatic rings. The third kappa shape index (κ3) is 2.56. The standard InChI is InChI=1S/C11H19N3O/c1-8-3-5-9(6-4-8)11-14-13-10(15-11)7-12-2/h8-9,12H,3-7H2,1-2H3. The molecule has 1 aromatic heterocycles. The highest BCUT2D eigenvalue weighted by atomic mass is 16.4. The number of hydrogen-bond acceptors (Lipinski definition) is 4. The second-order valence-electron chi connectivity index (χ2n) is 4.52. The van der Waals surface area contributed by atoms with Gasteiger partial charge >= 0.3 is 0 Å². The first-order chi connectivity index (χ1) is 7.29. The van der Waals surface area contributed by atoms with E-state index in [9.17, 15) is 0 Å². The van der Waals surface area contributed by atoms with Gasteiger partial charge in [-0.3, -0.25) is 0 Å². The smallest absolute Gasteiger partial charge is 0.230 e. The minimum absolute atomic E-state index is 0.499. The maximum Gasteiger partial charge on any atom is 0.230 e. The molecule has 1 N–H and O–H groups in total. The van der Waals surface area contributed by atoms with E-state index in [1.807, 2.05) is 7.05 Å². The van der Waals surface area contributed by atoms with E-state index in [0.717, 1.165) is 11.8 Å². The minimum atomic E-state index is 0.499. The van der Waals surface area contributed by atoms with Gasteiger partial charge in [-0.1, -0.05) is 6.92 Å². The summed E-state index contributed by atoms with van der Waals surface area (Å²) in [4.78, 5) is 0. The zero-order valence-electron chi connectivity index (χ0n) is 9.49. The zero-order chi connectivity index (χ0) is 10.7. The molecule has 0 unspecified atom stereocenters. The molecule has 15 heavy (non-hydrogen) atoms. The van der Waals surface area contributed by atoms with E-state index in [-0.39, 0.29) is 0 Å². The predicted octanol–water partition coefficient (Wildman–Crippen LogP) is 2.08. The molecule has 0 aromatic carbocycles. The number of rotatable bonds is 3. The van der Waals surface area contributed by atoms with Gasteiger partial charge in [-0.2, -0.15) is 0 Å². The summed E-state index contributed by atoms with van der Waals surface area (Å²) in [6.07, 6.45) is 4.97. The molecule has 1 fully saturated rings. The van der Waals surface area contributed by atoms with Crippen molar-refractivity contribution in [1.29, 1.82) is 0 Å². The third-order valence-electron chi connectivity index (χ3n) is 3.18. The normalized spacial score (nSPS) is 26.8. The van der Waals surface area contributed by atoms with Crippen LogP contribution in [0.3, 0.4) is 0 Å². The molecule has 4 heteroatoms. The summed E-state index contributed by atoms with van der Waals surface area (Å²) in [5.41, 5.74) is 0. The summed E-state index contributed by atoms with van der Waals surface area (Å²) in [5, 5.41) is 11.2. The Balaban J connectivity index is 1.96. The fraction of sp³-hybridized carbons (Fsp3) is 0.818. The predicted molar refractivity (Wildman–Crippen MR) is 57.4 cm³/mol. The van der Waals surface area contributed by atoms with E-state index >= 15 is 0 Å². The Labute approximate surface area is 90.5 Å². The molecule has 1 saturated carbocycles. The SMILES string of the molecule is CNCc1nnc(C2CCC(C)CC2)o1. The van der Waals surface area contributed by atoms with Gasteiger partial charge in [-0.15, -0.1) is 10.2 Å². The van der Waals surface area contributed by atoms with E-state index in [4.69, 9.17) is 4.42 Å². The Bertz CT molecular complexity index is 303. The summed E-state index contributed by atoms with van der Waals surface area (Å²) in [6.45, 7) is 2.98. The van der Waals surface area contributed by atoms with Crippen molar-refractivity contribution in [2.24, 2.45) is 5.92 Å². The lowest BCUT2D eigenvalue weighted by molar-refractivity contribution is 0.301. The topological polar surface area (TPSA) is 51.0 Å². The fourth-order valence-corrected chi connectivity index (χ4v) is 2.16. The summed E-state index contributed by atoms with van der Waals surface area (Å²) in [6, 6.07) is 0. The highest BCUT2D eigenvalue weighted by Crippen LogP contribution is 2.34. The Morgan fingerprint density at radius 2 is 2.00 bits per heavy atom.